The standard InChI is InChI=1S/C20H32N4O3.HI/c1-3-21-19(22-15-18(25)14-16-8-6-5-7-9-16)23-17-10-12-24(13-11-17)20(26)27-4-2;/h5-9,17-18,25H,3-4,10-15H2,1-2H3,(H2,21,22,23);1H. The summed E-state index contributed by atoms with van der Waals surface area (Å²) in [7, 11) is 0. The molecule has 1 aliphatic rings. The van der Waals surface area contributed by atoms with Gasteiger partial charge in [0, 0.05) is 32.1 Å². The SMILES string of the molecule is CCNC(=NCC(O)Cc1ccccc1)NC1CCN(C(=O)OCC)CC1.I. The van der Waals surface area contributed by atoms with E-state index in [-0.39, 0.29) is 36.1 Å². The highest BCUT2D eigenvalue weighted by Crippen LogP contribution is 2.11. The summed E-state index contributed by atoms with van der Waals surface area (Å²) < 4.78 is 5.05. The number of aliphatic hydroxyl groups excluding tert-OH is 1. The number of guanidine groups is 1. The lowest BCUT2D eigenvalue weighted by Crippen LogP contribution is -2.50. The van der Waals surface area contributed by atoms with Crippen LogP contribution in [0.25, 0.3) is 0 Å². The van der Waals surface area contributed by atoms with Crippen LogP contribution in [0.4, 0.5) is 4.79 Å². The normalized spacial score (nSPS) is 16.1. The molecule has 0 saturated carbocycles. The second kappa shape index (κ2) is 13.6. The van der Waals surface area contributed by atoms with E-state index in [0.29, 0.717) is 38.6 Å². The molecule has 8 heteroatoms. The summed E-state index contributed by atoms with van der Waals surface area (Å²) in [6.07, 6.45) is 1.52. The number of nitrogens with zero attached hydrogens (tertiary/aromatic N) is 2. The molecule has 0 aromatic heterocycles. The molecule has 1 unspecified atom stereocenters. The van der Waals surface area contributed by atoms with Gasteiger partial charge in [-0.25, -0.2) is 4.79 Å². The maximum absolute atomic E-state index is 11.8. The van der Waals surface area contributed by atoms with Gasteiger partial charge in [-0.05, 0) is 32.3 Å². The van der Waals surface area contributed by atoms with Crippen LogP contribution in [0, 0.1) is 0 Å². The minimum Gasteiger partial charge on any atom is -0.450 e. The number of ether oxygens (including phenoxy) is 1. The molecule has 1 heterocycles. The molecule has 0 bridgehead atoms. The predicted molar refractivity (Wildman–Crippen MR) is 122 cm³/mol. The Hall–Kier alpha value is -1.55. The average Bonchev–Trinajstić information content (AvgIpc) is 2.68. The number of nitrogens with one attached hydrogen (secondary N) is 2. The lowest BCUT2D eigenvalue weighted by atomic mass is 10.1. The first-order chi connectivity index (χ1) is 13.1. The highest BCUT2D eigenvalue weighted by Gasteiger charge is 2.24. The number of hydrogen-bond donors (Lipinski definition) is 3. The monoisotopic (exact) mass is 504 g/mol. The van der Waals surface area contributed by atoms with Crippen molar-refractivity contribution in [3.63, 3.8) is 0 Å². The maximum atomic E-state index is 11.8. The van der Waals surface area contributed by atoms with Gasteiger partial charge < -0.3 is 25.4 Å². The summed E-state index contributed by atoms with van der Waals surface area (Å²) in [6.45, 7) is 6.67. The van der Waals surface area contributed by atoms with Crippen LogP contribution in [-0.2, 0) is 11.2 Å². The Morgan fingerprint density at radius 3 is 2.57 bits per heavy atom. The van der Waals surface area contributed by atoms with Crippen molar-refractivity contribution >= 4 is 36.0 Å². The molecule has 1 saturated heterocycles. The summed E-state index contributed by atoms with van der Waals surface area (Å²) in [5.74, 6) is 0.708. The first-order valence-electron chi connectivity index (χ1n) is 9.80. The van der Waals surface area contributed by atoms with E-state index in [2.05, 4.69) is 15.6 Å². The van der Waals surface area contributed by atoms with E-state index in [1.165, 1.54) is 0 Å². The quantitative estimate of drug-likeness (QED) is 0.302. The van der Waals surface area contributed by atoms with Gasteiger partial charge in [0.1, 0.15) is 0 Å². The van der Waals surface area contributed by atoms with Gasteiger partial charge >= 0.3 is 6.09 Å². The number of amides is 1. The van der Waals surface area contributed by atoms with Gasteiger partial charge in [0.15, 0.2) is 5.96 Å². The third kappa shape index (κ3) is 8.64. The largest absolute Gasteiger partial charge is 0.450 e. The molecule has 0 radical (unpaired) electrons. The van der Waals surface area contributed by atoms with Crippen molar-refractivity contribution in [2.75, 3.05) is 32.8 Å². The van der Waals surface area contributed by atoms with E-state index in [0.717, 1.165) is 24.9 Å². The molecule has 1 aromatic rings. The molecule has 1 fully saturated rings. The first-order valence-corrected chi connectivity index (χ1v) is 9.80. The Morgan fingerprint density at radius 1 is 1.29 bits per heavy atom. The zero-order valence-corrected chi connectivity index (χ0v) is 19.1. The number of rotatable bonds is 7. The van der Waals surface area contributed by atoms with E-state index in [9.17, 15) is 9.90 Å². The van der Waals surface area contributed by atoms with Gasteiger partial charge in [-0.3, -0.25) is 4.99 Å². The Kier molecular flexibility index (Phi) is 11.9. The highest BCUT2D eigenvalue weighted by molar-refractivity contribution is 14.0. The van der Waals surface area contributed by atoms with E-state index < -0.39 is 6.10 Å². The minimum atomic E-state index is -0.520. The molecule has 3 N–H and O–H groups in total. The number of likely N-dealkylation sites (tertiary alicyclic amines) is 1. The molecule has 2 rings (SSSR count). The van der Waals surface area contributed by atoms with Gasteiger partial charge in [-0.15, -0.1) is 24.0 Å². The van der Waals surface area contributed by atoms with Gasteiger partial charge in [-0.2, -0.15) is 0 Å². The number of piperidine rings is 1. The third-order valence-electron chi connectivity index (χ3n) is 4.48. The van der Waals surface area contributed by atoms with Crippen LogP contribution in [0.2, 0.25) is 0 Å². The average molecular weight is 504 g/mol. The van der Waals surface area contributed by atoms with Crippen LogP contribution in [-0.4, -0.2) is 67.0 Å². The number of aliphatic hydroxyl groups is 1. The molecule has 1 atom stereocenters. The zero-order chi connectivity index (χ0) is 19.5. The van der Waals surface area contributed by atoms with Crippen molar-refractivity contribution in [3.8, 4) is 0 Å². The minimum absolute atomic E-state index is 0. The summed E-state index contributed by atoms with van der Waals surface area (Å²) in [6, 6.07) is 10.2. The molecule has 0 aliphatic carbocycles. The van der Waals surface area contributed by atoms with Crippen LogP contribution in [0.5, 0.6) is 0 Å². The van der Waals surface area contributed by atoms with E-state index in [1.54, 1.807) is 4.90 Å². The molecular weight excluding hydrogens is 471 g/mol. The molecule has 158 valence electrons. The summed E-state index contributed by atoms with van der Waals surface area (Å²) in [5, 5.41) is 16.9. The fourth-order valence-electron chi connectivity index (χ4n) is 3.08. The topological polar surface area (TPSA) is 86.2 Å². The fourth-order valence-corrected chi connectivity index (χ4v) is 3.08. The number of hydrogen-bond acceptors (Lipinski definition) is 4. The molecular formula is C20H33IN4O3. The maximum Gasteiger partial charge on any atom is 0.409 e. The van der Waals surface area contributed by atoms with Gasteiger partial charge in [0.25, 0.3) is 0 Å². The smallest absolute Gasteiger partial charge is 0.409 e. The van der Waals surface area contributed by atoms with Crippen molar-refractivity contribution in [1.82, 2.24) is 15.5 Å². The Morgan fingerprint density at radius 2 is 1.96 bits per heavy atom. The molecule has 1 aliphatic heterocycles. The summed E-state index contributed by atoms with van der Waals surface area (Å²) in [5.41, 5.74) is 1.10. The highest BCUT2D eigenvalue weighted by atomic mass is 127. The fraction of sp³-hybridized carbons (Fsp3) is 0.600. The van der Waals surface area contributed by atoms with Crippen LogP contribution < -0.4 is 10.6 Å². The summed E-state index contributed by atoms with van der Waals surface area (Å²) in [4.78, 5) is 18.0. The van der Waals surface area contributed by atoms with Crippen molar-refractivity contribution in [2.45, 2.75) is 45.3 Å². The Labute approximate surface area is 185 Å². The van der Waals surface area contributed by atoms with E-state index in [1.807, 2.05) is 44.2 Å². The lowest BCUT2D eigenvalue weighted by Gasteiger charge is -2.32. The van der Waals surface area contributed by atoms with Crippen molar-refractivity contribution in [2.24, 2.45) is 4.99 Å². The number of carbonyl (C=O) groups excluding carboxylic acids is 1. The second-order valence-corrected chi connectivity index (χ2v) is 6.67. The Bertz CT molecular complexity index is 592. The zero-order valence-electron chi connectivity index (χ0n) is 16.8. The van der Waals surface area contributed by atoms with Crippen molar-refractivity contribution < 1.29 is 14.6 Å². The lowest BCUT2D eigenvalue weighted by molar-refractivity contribution is 0.0963. The predicted octanol–water partition coefficient (Wildman–Crippen LogP) is 2.38. The van der Waals surface area contributed by atoms with Gasteiger partial charge in [0.2, 0.25) is 0 Å². The second-order valence-electron chi connectivity index (χ2n) is 6.67. The number of aliphatic imine (C=N–C) groups is 1. The molecule has 1 amide bonds. The number of carbonyl (C=O) groups is 1. The van der Waals surface area contributed by atoms with Crippen LogP contribution in [0.1, 0.15) is 32.3 Å². The number of benzene rings is 1. The first kappa shape index (κ1) is 24.5. The third-order valence-corrected chi connectivity index (χ3v) is 4.48. The molecule has 0 spiro atoms. The van der Waals surface area contributed by atoms with Crippen LogP contribution in [0.3, 0.4) is 0 Å². The Balaban J connectivity index is 0.00000392. The van der Waals surface area contributed by atoms with Crippen LogP contribution in [0.15, 0.2) is 35.3 Å². The van der Waals surface area contributed by atoms with Gasteiger partial charge in [0.05, 0.1) is 19.3 Å². The summed E-state index contributed by atoms with van der Waals surface area (Å²) >= 11 is 0. The van der Waals surface area contributed by atoms with Crippen molar-refractivity contribution in [1.29, 1.82) is 0 Å². The van der Waals surface area contributed by atoms with Gasteiger partial charge in [-0.1, -0.05) is 30.3 Å². The molecule has 28 heavy (non-hydrogen) atoms. The number of halogens is 1. The van der Waals surface area contributed by atoms with Crippen molar-refractivity contribution in [3.05, 3.63) is 35.9 Å². The molecule has 7 nitrogen and oxygen atoms in total. The van der Waals surface area contributed by atoms with Crippen LogP contribution >= 0.6 is 24.0 Å². The van der Waals surface area contributed by atoms with E-state index >= 15 is 0 Å². The molecule has 1 aromatic carbocycles. The van der Waals surface area contributed by atoms with E-state index in [4.69, 9.17) is 4.74 Å².